The number of nitrogens with zero attached hydrogens (tertiary/aromatic N) is 3. The standard InChI is InChI=1S/C23H22N4O2S/c28-21(24-17-20-13-7-15-29-20)14-8-16-30-23-26-25-22(18-9-3-1-4-10-18)27(23)19-11-5-2-6-12-19/h1-7,9-13,15H,8,14,16-17H2,(H,24,28). The second-order valence-electron chi connectivity index (χ2n) is 6.65. The van der Waals surface area contributed by atoms with Crippen molar-refractivity contribution in [2.24, 2.45) is 0 Å². The molecule has 0 atom stereocenters. The molecular formula is C23H22N4O2S. The Morgan fingerprint density at radius 1 is 0.967 bits per heavy atom. The van der Waals surface area contributed by atoms with Gasteiger partial charge >= 0.3 is 0 Å². The van der Waals surface area contributed by atoms with E-state index in [1.54, 1.807) is 18.0 Å². The summed E-state index contributed by atoms with van der Waals surface area (Å²) in [7, 11) is 0. The first-order valence-corrected chi connectivity index (χ1v) is 10.8. The van der Waals surface area contributed by atoms with Crippen molar-refractivity contribution < 1.29 is 9.21 Å². The molecule has 0 spiro atoms. The summed E-state index contributed by atoms with van der Waals surface area (Å²) < 4.78 is 7.29. The molecule has 0 bridgehead atoms. The van der Waals surface area contributed by atoms with Crippen molar-refractivity contribution in [1.82, 2.24) is 20.1 Å². The van der Waals surface area contributed by atoms with E-state index in [1.807, 2.05) is 72.8 Å². The molecule has 0 fully saturated rings. The second kappa shape index (κ2) is 9.93. The monoisotopic (exact) mass is 418 g/mol. The zero-order chi connectivity index (χ0) is 20.6. The fraction of sp³-hybridized carbons (Fsp3) is 0.174. The Labute approximate surface area is 179 Å². The highest BCUT2D eigenvalue weighted by atomic mass is 32.2. The topological polar surface area (TPSA) is 73.0 Å². The van der Waals surface area contributed by atoms with Gasteiger partial charge in [0.2, 0.25) is 5.91 Å². The van der Waals surface area contributed by atoms with Crippen LogP contribution < -0.4 is 5.32 Å². The van der Waals surface area contributed by atoms with Gasteiger partial charge in [0, 0.05) is 23.4 Å². The number of rotatable bonds is 9. The van der Waals surface area contributed by atoms with Crippen molar-refractivity contribution in [2.75, 3.05) is 5.75 Å². The van der Waals surface area contributed by atoms with Gasteiger partial charge in [-0.2, -0.15) is 0 Å². The van der Waals surface area contributed by atoms with E-state index in [2.05, 4.69) is 20.1 Å². The normalized spacial score (nSPS) is 10.8. The Kier molecular flexibility index (Phi) is 6.61. The van der Waals surface area contributed by atoms with Gasteiger partial charge in [-0.25, -0.2) is 0 Å². The first kappa shape index (κ1) is 20.0. The molecule has 0 aliphatic carbocycles. The number of carbonyl (C=O) groups excluding carboxylic acids is 1. The maximum atomic E-state index is 12.0. The summed E-state index contributed by atoms with van der Waals surface area (Å²) >= 11 is 1.61. The van der Waals surface area contributed by atoms with Crippen molar-refractivity contribution in [3.8, 4) is 17.1 Å². The number of para-hydroxylation sites is 1. The van der Waals surface area contributed by atoms with Gasteiger partial charge in [-0.1, -0.05) is 60.3 Å². The number of furan rings is 1. The highest BCUT2D eigenvalue weighted by Crippen LogP contribution is 2.28. The molecule has 0 radical (unpaired) electrons. The first-order valence-electron chi connectivity index (χ1n) is 9.79. The summed E-state index contributed by atoms with van der Waals surface area (Å²) in [6.45, 7) is 0.418. The van der Waals surface area contributed by atoms with Gasteiger partial charge in [-0.05, 0) is 30.7 Å². The van der Waals surface area contributed by atoms with Crippen LogP contribution in [-0.4, -0.2) is 26.4 Å². The lowest BCUT2D eigenvalue weighted by atomic mass is 10.2. The summed E-state index contributed by atoms with van der Waals surface area (Å²) in [6.07, 6.45) is 2.81. The van der Waals surface area contributed by atoms with Gasteiger partial charge in [-0.3, -0.25) is 9.36 Å². The summed E-state index contributed by atoms with van der Waals surface area (Å²) in [5.74, 6) is 2.35. The predicted octanol–water partition coefficient (Wildman–Crippen LogP) is 4.72. The quantitative estimate of drug-likeness (QED) is 0.315. The summed E-state index contributed by atoms with van der Waals surface area (Å²) in [4.78, 5) is 12.0. The highest BCUT2D eigenvalue weighted by molar-refractivity contribution is 7.99. The van der Waals surface area contributed by atoms with Crippen molar-refractivity contribution >= 4 is 17.7 Å². The van der Waals surface area contributed by atoms with Gasteiger partial charge < -0.3 is 9.73 Å². The number of hydrogen-bond donors (Lipinski definition) is 1. The molecule has 152 valence electrons. The smallest absolute Gasteiger partial charge is 0.220 e. The number of amides is 1. The molecule has 2 aromatic carbocycles. The summed E-state index contributed by atoms with van der Waals surface area (Å²) in [5.41, 5.74) is 2.03. The predicted molar refractivity (Wildman–Crippen MR) is 117 cm³/mol. The molecule has 30 heavy (non-hydrogen) atoms. The van der Waals surface area contributed by atoms with E-state index in [4.69, 9.17) is 4.42 Å². The zero-order valence-corrected chi connectivity index (χ0v) is 17.2. The third kappa shape index (κ3) is 4.99. The Balaban J connectivity index is 1.39. The maximum absolute atomic E-state index is 12.0. The molecule has 7 heteroatoms. The first-order chi connectivity index (χ1) is 14.8. The lowest BCUT2D eigenvalue weighted by molar-refractivity contribution is -0.121. The van der Waals surface area contributed by atoms with Crippen molar-refractivity contribution in [3.05, 3.63) is 84.8 Å². The average molecular weight is 419 g/mol. The molecule has 2 aromatic heterocycles. The minimum absolute atomic E-state index is 0.0153. The number of benzene rings is 2. The fourth-order valence-corrected chi connectivity index (χ4v) is 3.92. The summed E-state index contributed by atoms with van der Waals surface area (Å²) in [5, 5.41) is 12.5. The molecule has 6 nitrogen and oxygen atoms in total. The van der Waals surface area contributed by atoms with Crippen LogP contribution in [0.3, 0.4) is 0 Å². The van der Waals surface area contributed by atoms with Crippen LogP contribution in [-0.2, 0) is 11.3 Å². The third-order valence-corrected chi connectivity index (χ3v) is 5.51. The van der Waals surface area contributed by atoms with Gasteiger partial charge in [0.05, 0.1) is 12.8 Å². The van der Waals surface area contributed by atoms with Crippen LogP contribution in [0.25, 0.3) is 17.1 Å². The van der Waals surface area contributed by atoms with Crippen LogP contribution in [0.15, 0.2) is 88.6 Å². The molecule has 0 saturated heterocycles. The lowest BCUT2D eigenvalue weighted by Gasteiger charge is -2.10. The largest absolute Gasteiger partial charge is 0.467 e. The molecule has 2 heterocycles. The molecule has 1 N–H and O–H groups in total. The fourth-order valence-electron chi connectivity index (χ4n) is 3.03. The molecule has 4 rings (SSSR count). The Morgan fingerprint density at radius 3 is 2.47 bits per heavy atom. The molecule has 0 aliphatic heterocycles. The van der Waals surface area contributed by atoms with Crippen molar-refractivity contribution in [2.45, 2.75) is 24.5 Å². The van der Waals surface area contributed by atoms with Crippen LogP contribution in [0, 0.1) is 0 Å². The van der Waals surface area contributed by atoms with Gasteiger partial charge in [-0.15, -0.1) is 10.2 Å². The number of hydrogen-bond acceptors (Lipinski definition) is 5. The van der Waals surface area contributed by atoms with E-state index in [0.717, 1.165) is 40.2 Å². The van der Waals surface area contributed by atoms with Crippen LogP contribution in [0.1, 0.15) is 18.6 Å². The van der Waals surface area contributed by atoms with Gasteiger partial charge in [0.1, 0.15) is 5.76 Å². The van der Waals surface area contributed by atoms with Crippen molar-refractivity contribution in [1.29, 1.82) is 0 Å². The molecule has 0 unspecified atom stereocenters. The third-order valence-electron chi connectivity index (χ3n) is 4.50. The van der Waals surface area contributed by atoms with E-state index < -0.39 is 0 Å². The number of thioether (sulfide) groups is 1. The average Bonchev–Trinajstić information content (AvgIpc) is 3.46. The van der Waals surface area contributed by atoms with E-state index >= 15 is 0 Å². The van der Waals surface area contributed by atoms with E-state index in [-0.39, 0.29) is 5.91 Å². The maximum Gasteiger partial charge on any atom is 0.220 e. The zero-order valence-electron chi connectivity index (χ0n) is 16.4. The molecule has 0 aliphatic rings. The minimum atomic E-state index is 0.0153. The van der Waals surface area contributed by atoms with Gasteiger partial charge in [0.25, 0.3) is 0 Å². The second-order valence-corrected chi connectivity index (χ2v) is 7.71. The number of nitrogens with one attached hydrogen (secondary N) is 1. The van der Waals surface area contributed by atoms with Crippen LogP contribution in [0.5, 0.6) is 0 Å². The number of carbonyl (C=O) groups is 1. The highest BCUT2D eigenvalue weighted by Gasteiger charge is 2.16. The molecule has 0 saturated carbocycles. The van der Waals surface area contributed by atoms with Crippen LogP contribution in [0.2, 0.25) is 0 Å². The lowest BCUT2D eigenvalue weighted by Crippen LogP contribution is -2.22. The van der Waals surface area contributed by atoms with E-state index in [0.29, 0.717) is 13.0 Å². The molecular weight excluding hydrogens is 396 g/mol. The van der Waals surface area contributed by atoms with Gasteiger partial charge in [0.15, 0.2) is 11.0 Å². The van der Waals surface area contributed by atoms with Crippen LogP contribution >= 0.6 is 11.8 Å². The summed E-state index contributed by atoms with van der Waals surface area (Å²) in [6, 6.07) is 23.8. The van der Waals surface area contributed by atoms with E-state index in [9.17, 15) is 4.79 Å². The SMILES string of the molecule is O=C(CCCSc1nnc(-c2ccccc2)n1-c1ccccc1)NCc1ccco1. The molecule has 4 aromatic rings. The Morgan fingerprint density at radius 2 is 1.73 bits per heavy atom. The Hall–Kier alpha value is -3.32. The Bertz CT molecular complexity index is 1060. The molecule has 1 amide bonds. The van der Waals surface area contributed by atoms with Crippen LogP contribution in [0.4, 0.5) is 0 Å². The van der Waals surface area contributed by atoms with E-state index in [1.165, 1.54) is 0 Å². The number of aromatic nitrogens is 3. The minimum Gasteiger partial charge on any atom is -0.467 e. The van der Waals surface area contributed by atoms with Crippen molar-refractivity contribution in [3.63, 3.8) is 0 Å².